The summed E-state index contributed by atoms with van der Waals surface area (Å²) in [6, 6.07) is 0. The van der Waals surface area contributed by atoms with Crippen LogP contribution >= 0.6 is 0 Å². The van der Waals surface area contributed by atoms with Crippen molar-refractivity contribution in [1.29, 1.82) is 0 Å². The zero-order valence-electron chi connectivity index (χ0n) is 19.5. The highest BCUT2D eigenvalue weighted by Gasteiger charge is 2.08. The summed E-state index contributed by atoms with van der Waals surface area (Å²) in [5.74, 6) is 0.000573. The van der Waals surface area contributed by atoms with Gasteiger partial charge in [0.15, 0.2) is 0 Å². The second-order valence-electron chi connectivity index (χ2n) is 8.48. The van der Waals surface area contributed by atoms with Crippen molar-refractivity contribution in [3.05, 3.63) is 12.2 Å². The molecule has 0 radical (unpaired) electrons. The lowest BCUT2D eigenvalue weighted by Crippen LogP contribution is -2.14. The predicted octanol–water partition coefficient (Wildman–Crippen LogP) is 8.93. The highest BCUT2D eigenvalue weighted by atomic mass is 16.5. The van der Waals surface area contributed by atoms with Gasteiger partial charge in [-0.15, -0.1) is 0 Å². The number of carbonyl (C=O) groups is 1. The monoisotopic (exact) mass is 394 g/mol. The van der Waals surface area contributed by atoms with Gasteiger partial charge in [0.05, 0.1) is 6.10 Å². The van der Waals surface area contributed by atoms with Crippen LogP contribution in [-0.4, -0.2) is 12.1 Å². The molecule has 0 N–H and O–H groups in total. The van der Waals surface area contributed by atoms with E-state index in [2.05, 4.69) is 26.0 Å². The van der Waals surface area contributed by atoms with Crippen molar-refractivity contribution in [3.63, 3.8) is 0 Å². The van der Waals surface area contributed by atoms with Crippen molar-refractivity contribution in [3.8, 4) is 0 Å². The van der Waals surface area contributed by atoms with Crippen LogP contribution in [0.1, 0.15) is 143 Å². The average Bonchev–Trinajstić information content (AvgIpc) is 2.68. The van der Waals surface area contributed by atoms with Crippen LogP contribution in [0, 0.1) is 0 Å². The Kier molecular flexibility index (Phi) is 21.9. The molecule has 1 unspecified atom stereocenters. The SMILES string of the molecule is CCCCCCCC/C=C/CCCCCCCC(=O)OC(C)CCCCCC. The van der Waals surface area contributed by atoms with Crippen LogP contribution in [0.25, 0.3) is 0 Å². The third-order valence-electron chi connectivity index (χ3n) is 5.44. The highest BCUT2D eigenvalue weighted by molar-refractivity contribution is 5.69. The normalized spacial score (nSPS) is 12.5. The van der Waals surface area contributed by atoms with E-state index in [0.717, 1.165) is 19.3 Å². The number of unbranched alkanes of at least 4 members (excludes halogenated alkanes) is 14. The molecule has 0 aromatic carbocycles. The Morgan fingerprint density at radius 1 is 0.679 bits per heavy atom. The maximum Gasteiger partial charge on any atom is 0.306 e. The standard InChI is InChI=1S/C26H50O2/c1-4-6-8-10-11-12-13-14-15-16-17-18-19-20-22-24-26(27)28-25(3)23-21-9-7-5-2/h14-15,25H,4-13,16-24H2,1-3H3/b15-14+. The molecule has 2 nitrogen and oxygen atoms in total. The number of hydrogen-bond donors (Lipinski definition) is 0. The van der Waals surface area contributed by atoms with Crippen LogP contribution in [-0.2, 0) is 9.53 Å². The first-order valence-corrected chi connectivity index (χ1v) is 12.5. The van der Waals surface area contributed by atoms with Crippen LogP contribution in [0.15, 0.2) is 12.2 Å². The van der Waals surface area contributed by atoms with E-state index in [0.29, 0.717) is 6.42 Å². The summed E-state index contributed by atoms with van der Waals surface area (Å²) in [4.78, 5) is 11.8. The molecule has 0 aliphatic rings. The van der Waals surface area contributed by atoms with Crippen molar-refractivity contribution in [1.82, 2.24) is 0 Å². The van der Waals surface area contributed by atoms with Gasteiger partial charge in [0.2, 0.25) is 0 Å². The van der Waals surface area contributed by atoms with Crippen LogP contribution in [0.5, 0.6) is 0 Å². The molecule has 0 aliphatic heterocycles. The van der Waals surface area contributed by atoms with Crippen LogP contribution in [0.3, 0.4) is 0 Å². The molecule has 0 bridgehead atoms. The third-order valence-corrected chi connectivity index (χ3v) is 5.44. The average molecular weight is 395 g/mol. The lowest BCUT2D eigenvalue weighted by atomic mass is 10.1. The Morgan fingerprint density at radius 2 is 1.14 bits per heavy atom. The molecule has 0 spiro atoms. The maximum atomic E-state index is 11.8. The van der Waals surface area contributed by atoms with E-state index in [-0.39, 0.29) is 12.1 Å². The fourth-order valence-corrected chi connectivity index (χ4v) is 3.54. The number of esters is 1. The zero-order chi connectivity index (χ0) is 20.7. The van der Waals surface area contributed by atoms with Gasteiger partial charge in [-0.05, 0) is 51.9 Å². The van der Waals surface area contributed by atoms with Gasteiger partial charge < -0.3 is 4.74 Å². The van der Waals surface area contributed by atoms with E-state index in [1.165, 1.54) is 96.3 Å². The number of carbonyl (C=O) groups excluding carboxylic acids is 1. The van der Waals surface area contributed by atoms with Gasteiger partial charge in [-0.25, -0.2) is 0 Å². The second kappa shape index (κ2) is 22.5. The molecule has 0 amide bonds. The summed E-state index contributed by atoms with van der Waals surface area (Å²) in [6.45, 7) is 6.52. The molecular formula is C26H50O2. The number of hydrogen-bond acceptors (Lipinski definition) is 2. The molecule has 0 heterocycles. The Hall–Kier alpha value is -0.790. The van der Waals surface area contributed by atoms with Crippen LogP contribution in [0.4, 0.5) is 0 Å². The van der Waals surface area contributed by atoms with E-state index in [1.54, 1.807) is 0 Å². The largest absolute Gasteiger partial charge is 0.463 e. The van der Waals surface area contributed by atoms with Gasteiger partial charge in [0.1, 0.15) is 0 Å². The minimum Gasteiger partial charge on any atom is -0.463 e. The van der Waals surface area contributed by atoms with Gasteiger partial charge in [-0.3, -0.25) is 4.79 Å². The minimum absolute atomic E-state index is 0.000573. The van der Waals surface area contributed by atoms with E-state index in [1.807, 2.05) is 6.92 Å². The van der Waals surface area contributed by atoms with Crippen LogP contribution < -0.4 is 0 Å². The van der Waals surface area contributed by atoms with Gasteiger partial charge >= 0.3 is 5.97 Å². The summed E-state index contributed by atoms with van der Waals surface area (Å²) < 4.78 is 5.50. The molecule has 0 aliphatic carbocycles. The number of ether oxygens (including phenoxy) is 1. The lowest BCUT2D eigenvalue weighted by molar-refractivity contribution is -0.148. The molecule has 166 valence electrons. The third kappa shape index (κ3) is 21.5. The molecule has 0 fully saturated rings. The highest BCUT2D eigenvalue weighted by Crippen LogP contribution is 2.12. The second-order valence-corrected chi connectivity index (χ2v) is 8.48. The molecule has 1 atom stereocenters. The Bertz CT molecular complexity index is 348. The first kappa shape index (κ1) is 27.2. The number of allylic oxidation sites excluding steroid dienone is 2. The fourth-order valence-electron chi connectivity index (χ4n) is 3.54. The summed E-state index contributed by atoms with van der Waals surface area (Å²) in [7, 11) is 0. The molecule has 0 rings (SSSR count). The molecular weight excluding hydrogens is 344 g/mol. The molecule has 0 aromatic rings. The first-order chi connectivity index (χ1) is 13.7. The summed E-state index contributed by atoms with van der Waals surface area (Å²) in [5.41, 5.74) is 0. The molecule has 2 heteroatoms. The summed E-state index contributed by atoms with van der Waals surface area (Å²) in [5, 5.41) is 0. The topological polar surface area (TPSA) is 26.3 Å². The van der Waals surface area contributed by atoms with Gasteiger partial charge in [-0.1, -0.05) is 96.6 Å². The first-order valence-electron chi connectivity index (χ1n) is 12.5. The molecule has 28 heavy (non-hydrogen) atoms. The smallest absolute Gasteiger partial charge is 0.306 e. The van der Waals surface area contributed by atoms with Crippen molar-refractivity contribution < 1.29 is 9.53 Å². The summed E-state index contributed by atoms with van der Waals surface area (Å²) in [6.07, 6.45) is 28.1. The molecule has 0 saturated carbocycles. The summed E-state index contributed by atoms with van der Waals surface area (Å²) >= 11 is 0. The van der Waals surface area contributed by atoms with Crippen molar-refractivity contribution in [2.45, 2.75) is 149 Å². The van der Waals surface area contributed by atoms with Crippen molar-refractivity contribution in [2.24, 2.45) is 0 Å². The van der Waals surface area contributed by atoms with Gasteiger partial charge in [0.25, 0.3) is 0 Å². The van der Waals surface area contributed by atoms with Gasteiger partial charge in [0, 0.05) is 6.42 Å². The van der Waals surface area contributed by atoms with Crippen LogP contribution in [0.2, 0.25) is 0 Å². The van der Waals surface area contributed by atoms with Crippen molar-refractivity contribution >= 4 is 5.97 Å². The predicted molar refractivity (Wildman–Crippen MR) is 124 cm³/mol. The van der Waals surface area contributed by atoms with E-state index < -0.39 is 0 Å². The van der Waals surface area contributed by atoms with E-state index in [4.69, 9.17) is 4.74 Å². The zero-order valence-corrected chi connectivity index (χ0v) is 19.5. The van der Waals surface area contributed by atoms with E-state index in [9.17, 15) is 4.79 Å². The molecule has 0 saturated heterocycles. The fraction of sp³-hybridized carbons (Fsp3) is 0.885. The molecule has 0 aromatic heterocycles. The minimum atomic E-state index is 0.000573. The Balaban J connectivity index is 3.31. The lowest BCUT2D eigenvalue weighted by Gasteiger charge is -2.13. The maximum absolute atomic E-state index is 11.8. The number of rotatable bonds is 21. The quantitative estimate of drug-likeness (QED) is 0.110. The van der Waals surface area contributed by atoms with Gasteiger partial charge in [-0.2, -0.15) is 0 Å². The van der Waals surface area contributed by atoms with E-state index >= 15 is 0 Å². The van der Waals surface area contributed by atoms with Crippen molar-refractivity contribution in [2.75, 3.05) is 0 Å². The Labute approximate surface area is 176 Å². The Morgan fingerprint density at radius 3 is 1.71 bits per heavy atom.